The Morgan fingerprint density at radius 3 is 2.64 bits per heavy atom. The average Bonchev–Trinajstić information content (AvgIpc) is 3.24. The first-order chi connectivity index (χ1) is 11.9. The van der Waals surface area contributed by atoms with Crippen molar-refractivity contribution in [1.29, 1.82) is 0 Å². The highest BCUT2D eigenvalue weighted by atomic mass is 35.5. The summed E-state index contributed by atoms with van der Waals surface area (Å²) in [7, 11) is 0. The maximum atomic E-state index is 12.8. The van der Waals surface area contributed by atoms with Gasteiger partial charge in [-0.3, -0.25) is 9.59 Å². The Bertz CT molecular complexity index is 557. The van der Waals surface area contributed by atoms with Gasteiger partial charge in [0.05, 0.1) is 18.9 Å². The van der Waals surface area contributed by atoms with Crippen LogP contribution in [0.1, 0.15) is 32.4 Å². The molecule has 2 amide bonds. The molecule has 8 heteroatoms. The van der Waals surface area contributed by atoms with Gasteiger partial charge in [0, 0.05) is 19.2 Å². The lowest BCUT2D eigenvalue weighted by Crippen LogP contribution is -2.48. The van der Waals surface area contributed by atoms with E-state index >= 15 is 0 Å². The third-order valence-corrected chi connectivity index (χ3v) is 4.50. The molecule has 6 nitrogen and oxygen atoms in total. The van der Waals surface area contributed by atoms with Crippen molar-refractivity contribution in [3.63, 3.8) is 0 Å². The monoisotopic (exact) mass is 390 g/mol. The van der Waals surface area contributed by atoms with Crippen molar-refractivity contribution in [2.75, 3.05) is 19.7 Å². The maximum absolute atomic E-state index is 12.8. The molecule has 1 aromatic rings. The van der Waals surface area contributed by atoms with Crippen LogP contribution < -0.4 is 0 Å². The van der Waals surface area contributed by atoms with Crippen molar-refractivity contribution < 1.29 is 18.7 Å². The normalized spacial score (nSPS) is 17.3. The molecular formula is C17H24Cl2N2O4. The van der Waals surface area contributed by atoms with Crippen LogP contribution in [0, 0.1) is 0 Å². The van der Waals surface area contributed by atoms with Crippen molar-refractivity contribution in [3.8, 4) is 0 Å². The number of amides is 2. The molecule has 1 aliphatic rings. The van der Waals surface area contributed by atoms with Gasteiger partial charge in [0.25, 0.3) is 5.91 Å². The van der Waals surface area contributed by atoms with Gasteiger partial charge in [-0.2, -0.15) is 0 Å². The number of hydrogen-bond acceptors (Lipinski definition) is 4. The quantitative estimate of drug-likeness (QED) is 0.640. The molecule has 0 bridgehead atoms. The second kappa shape index (κ2) is 9.46. The predicted octanol–water partition coefficient (Wildman–Crippen LogP) is 2.83. The standard InChI is InChI=1S/C17H24Cl2N2O4/c1-12(2)21(17(23)16(18)19)11-15(22)20(9-13-5-3-7-24-13)10-14-6-4-8-25-14/h3,5,7,12,14,16H,4,6,8-11H2,1-2H3. The van der Waals surface area contributed by atoms with Crippen LogP contribution in [-0.2, 0) is 20.9 Å². The number of rotatable bonds is 8. The second-order valence-corrected chi connectivity index (χ2v) is 7.45. The van der Waals surface area contributed by atoms with E-state index in [1.807, 2.05) is 19.9 Å². The summed E-state index contributed by atoms with van der Waals surface area (Å²) in [4.78, 5) is 26.9. The first kappa shape index (κ1) is 20.1. The Morgan fingerprint density at radius 1 is 1.36 bits per heavy atom. The highest BCUT2D eigenvalue weighted by Crippen LogP contribution is 2.17. The summed E-state index contributed by atoms with van der Waals surface area (Å²) in [6, 6.07) is 3.40. The van der Waals surface area contributed by atoms with E-state index in [-0.39, 0.29) is 24.6 Å². The topological polar surface area (TPSA) is 63.0 Å². The molecule has 2 heterocycles. The van der Waals surface area contributed by atoms with Crippen LogP contribution >= 0.6 is 23.2 Å². The fraction of sp³-hybridized carbons (Fsp3) is 0.647. The summed E-state index contributed by atoms with van der Waals surface area (Å²) < 4.78 is 11.0. The van der Waals surface area contributed by atoms with Crippen molar-refractivity contribution in [3.05, 3.63) is 24.2 Å². The number of nitrogens with zero attached hydrogens (tertiary/aromatic N) is 2. The van der Waals surface area contributed by atoms with E-state index in [0.29, 0.717) is 25.5 Å². The van der Waals surface area contributed by atoms with Crippen LogP contribution in [0.4, 0.5) is 0 Å². The molecule has 1 unspecified atom stereocenters. The van der Waals surface area contributed by atoms with Gasteiger partial charge < -0.3 is 19.0 Å². The number of carbonyl (C=O) groups excluding carboxylic acids is 2. The fourth-order valence-corrected chi connectivity index (χ4v) is 3.02. The Hall–Kier alpha value is -1.24. The molecule has 1 aromatic heterocycles. The van der Waals surface area contributed by atoms with Crippen LogP contribution in [0.3, 0.4) is 0 Å². The maximum Gasteiger partial charge on any atom is 0.256 e. The predicted molar refractivity (Wildman–Crippen MR) is 95.4 cm³/mol. The van der Waals surface area contributed by atoms with Crippen LogP contribution in [0.5, 0.6) is 0 Å². The lowest BCUT2D eigenvalue weighted by Gasteiger charge is -2.31. The number of furan rings is 1. The highest BCUT2D eigenvalue weighted by molar-refractivity contribution is 6.53. The summed E-state index contributed by atoms with van der Waals surface area (Å²) in [6.07, 6.45) is 3.49. The van der Waals surface area contributed by atoms with Gasteiger partial charge in [0.1, 0.15) is 12.3 Å². The lowest BCUT2D eigenvalue weighted by molar-refractivity contribution is -0.142. The van der Waals surface area contributed by atoms with Gasteiger partial charge in [-0.25, -0.2) is 0 Å². The fourth-order valence-electron chi connectivity index (χ4n) is 2.77. The molecule has 140 valence electrons. The van der Waals surface area contributed by atoms with E-state index in [4.69, 9.17) is 32.4 Å². The summed E-state index contributed by atoms with van der Waals surface area (Å²) in [5, 5.41) is 0. The van der Waals surface area contributed by atoms with Gasteiger partial charge in [-0.05, 0) is 38.8 Å². The smallest absolute Gasteiger partial charge is 0.256 e. The molecule has 1 fully saturated rings. The molecule has 1 atom stereocenters. The SMILES string of the molecule is CC(C)N(CC(=O)N(Cc1ccco1)CC1CCCO1)C(=O)C(Cl)Cl. The number of alkyl halides is 2. The first-order valence-corrected chi connectivity index (χ1v) is 9.26. The minimum Gasteiger partial charge on any atom is -0.467 e. The molecular weight excluding hydrogens is 367 g/mol. The zero-order chi connectivity index (χ0) is 18.4. The van der Waals surface area contributed by atoms with Crippen LogP contribution in [0.15, 0.2) is 22.8 Å². The van der Waals surface area contributed by atoms with Crippen molar-refractivity contribution in [1.82, 2.24) is 9.80 Å². The van der Waals surface area contributed by atoms with E-state index in [2.05, 4.69) is 0 Å². The molecule has 0 aliphatic carbocycles. The van der Waals surface area contributed by atoms with Crippen molar-refractivity contribution in [2.45, 2.75) is 50.2 Å². The molecule has 0 saturated carbocycles. The van der Waals surface area contributed by atoms with E-state index in [1.165, 1.54) is 4.90 Å². The van der Waals surface area contributed by atoms with Crippen LogP contribution in [0.2, 0.25) is 0 Å². The molecule has 25 heavy (non-hydrogen) atoms. The molecule has 1 saturated heterocycles. The lowest BCUT2D eigenvalue weighted by atomic mass is 10.2. The van der Waals surface area contributed by atoms with E-state index in [1.54, 1.807) is 17.2 Å². The van der Waals surface area contributed by atoms with Gasteiger partial charge >= 0.3 is 0 Å². The van der Waals surface area contributed by atoms with Crippen molar-refractivity contribution >= 4 is 35.0 Å². The average molecular weight is 391 g/mol. The van der Waals surface area contributed by atoms with Gasteiger partial charge in [-0.15, -0.1) is 0 Å². The summed E-state index contributed by atoms with van der Waals surface area (Å²) >= 11 is 11.4. The first-order valence-electron chi connectivity index (χ1n) is 8.39. The van der Waals surface area contributed by atoms with Crippen molar-refractivity contribution in [2.24, 2.45) is 0 Å². The minimum absolute atomic E-state index is 0.0101. The highest BCUT2D eigenvalue weighted by Gasteiger charge is 2.29. The minimum atomic E-state index is -1.19. The summed E-state index contributed by atoms with van der Waals surface area (Å²) in [6.45, 7) is 5.06. The zero-order valence-electron chi connectivity index (χ0n) is 14.5. The van der Waals surface area contributed by atoms with E-state index in [0.717, 1.165) is 12.8 Å². The van der Waals surface area contributed by atoms with E-state index < -0.39 is 10.7 Å². The Labute approximate surface area is 158 Å². The van der Waals surface area contributed by atoms with E-state index in [9.17, 15) is 9.59 Å². The number of hydrogen-bond donors (Lipinski definition) is 0. The molecule has 0 radical (unpaired) electrons. The summed E-state index contributed by atoms with van der Waals surface area (Å²) in [5.41, 5.74) is 0. The third kappa shape index (κ3) is 5.90. The largest absolute Gasteiger partial charge is 0.467 e. The molecule has 0 spiro atoms. The molecule has 2 rings (SSSR count). The van der Waals surface area contributed by atoms with Gasteiger partial charge in [0.2, 0.25) is 5.91 Å². The third-order valence-electron chi connectivity index (χ3n) is 4.13. The molecule has 1 aliphatic heterocycles. The Balaban J connectivity index is 2.07. The van der Waals surface area contributed by atoms with Crippen LogP contribution in [-0.4, -0.2) is 58.3 Å². The van der Waals surface area contributed by atoms with Gasteiger partial charge in [0.15, 0.2) is 4.84 Å². The summed E-state index contributed by atoms with van der Waals surface area (Å²) in [5.74, 6) is 0.0195. The van der Waals surface area contributed by atoms with Gasteiger partial charge in [-0.1, -0.05) is 23.2 Å². The number of halogens is 2. The Kier molecular flexibility index (Phi) is 7.59. The number of ether oxygens (including phenoxy) is 1. The molecule has 0 N–H and O–H groups in total. The molecule has 0 aromatic carbocycles. The Morgan fingerprint density at radius 2 is 2.12 bits per heavy atom. The van der Waals surface area contributed by atoms with Crippen LogP contribution in [0.25, 0.3) is 0 Å². The number of carbonyl (C=O) groups is 2. The second-order valence-electron chi connectivity index (χ2n) is 6.35. The zero-order valence-corrected chi connectivity index (χ0v) is 16.0.